The fraction of sp³-hybridized carbons (Fsp3) is 0.148. The van der Waals surface area contributed by atoms with Gasteiger partial charge in [-0.25, -0.2) is 0 Å². The number of nitrogens with zero attached hydrogens (tertiary/aromatic N) is 3. The first-order chi connectivity index (χ1) is 17.3. The molecule has 1 amide bonds. The molecular weight excluding hydrogens is 480 g/mol. The van der Waals surface area contributed by atoms with Crippen LogP contribution in [0.15, 0.2) is 77.7 Å². The monoisotopic (exact) mass is 500 g/mol. The molecule has 36 heavy (non-hydrogen) atoms. The normalized spacial score (nSPS) is 12.4. The van der Waals surface area contributed by atoms with Crippen molar-refractivity contribution in [3.05, 3.63) is 99.7 Å². The Hall–Kier alpha value is -4.48. The van der Waals surface area contributed by atoms with Crippen molar-refractivity contribution < 1.29 is 14.3 Å². The number of hydrogen-bond donors (Lipinski definition) is 1. The number of nitrogens with one attached hydrogen (secondary N) is 1. The van der Waals surface area contributed by atoms with Gasteiger partial charge in [0.05, 0.1) is 22.5 Å². The van der Waals surface area contributed by atoms with Gasteiger partial charge in [0.15, 0.2) is 11.7 Å². The average Bonchev–Trinajstić information content (AvgIpc) is 2.85. The van der Waals surface area contributed by atoms with Gasteiger partial charge in [0.1, 0.15) is 5.69 Å². The Labute approximate surface area is 211 Å². The lowest BCUT2D eigenvalue weighted by molar-refractivity contribution is -0.132. The van der Waals surface area contributed by atoms with Crippen molar-refractivity contribution in [1.29, 1.82) is 5.26 Å². The lowest BCUT2D eigenvalue weighted by atomic mass is 10.0. The van der Waals surface area contributed by atoms with E-state index in [4.69, 9.17) is 16.3 Å². The van der Waals surface area contributed by atoms with Crippen LogP contribution in [0, 0.1) is 11.3 Å². The summed E-state index contributed by atoms with van der Waals surface area (Å²) < 4.78 is 6.62. The van der Waals surface area contributed by atoms with E-state index in [1.54, 1.807) is 55.5 Å². The molecule has 4 rings (SSSR count). The summed E-state index contributed by atoms with van der Waals surface area (Å²) in [7, 11) is 0. The third-order valence-corrected chi connectivity index (χ3v) is 5.87. The number of para-hydroxylation sites is 1. The summed E-state index contributed by atoms with van der Waals surface area (Å²) >= 11 is 6.36. The number of carbonyl (C=O) groups excluding carboxylic acids is 2. The van der Waals surface area contributed by atoms with E-state index < -0.39 is 23.8 Å². The second kappa shape index (κ2) is 10.4. The maximum atomic E-state index is 13.6. The topological polar surface area (TPSA) is 114 Å². The highest BCUT2D eigenvalue weighted by Crippen LogP contribution is 2.28. The second-order valence-corrected chi connectivity index (χ2v) is 8.43. The molecule has 2 aromatic heterocycles. The fourth-order valence-corrected chi connectivity index (χ4v) is 4.24. The Morgan fingerprint density at radius 1 is 1.11 bits per heavy atom. The van der Waals surface area contributed by atoms with Crippen molar-refractivity contribution in [1.82, 2.24) is 14.9 Å². The molecule has 0 aliphatic carbocycles. The predicted molar refractivity (Wildman–Crippen MR) is 135 cm³/mol. The van der Waals surface area contributed by atoms with Crippen molar-refractivity contribution in [3.63, 3.8) is 0 Å². The molecule has 0 bridgehead atoms. The van der Waals surface area contributed by atoms with E-state index in [0.29, 0.717) is 27.2 Å². The molecule has 2 aromatic carbocycles. The Balaban J connectivity index is 1.77. The van der Waals surface area contributed by atoms with Crippen LogP contribution in [-0.2, 0) is 9.59 Å². The third kappa shape index (κ3) is 4.83. The van der Waals surface area contributed by atoms with Gasteiger partial charge >= 0.3 is 5.97 Å². The molecule has 0 fully saturated rings. The summed E-state index contributed by atoms with van der Waals surface area (Å²) in [6, 6.07) is 20.2. The lowest BCUT2D eigenvalue weighted by Crippen LogP contribution is -2.35. The highest BCUT2D eigenvalue weighted by Gasteiger charge is 2.28. The van der Waals surface area contributed by atoms with Crippen LogP contribution in [0.25, 0.3) is 16.5 Å². The highest BCUT2D eigenvalue weighted by atomic mass is 35.5. The van der Waals surface area contributed by atoms with Crippen LogP contribution < -0.4 is 15.6 Å². The van der Waals surface area contributed by atoms with Crippen LogP contribution in [0.1, 0.15) is 37.2 Å². The van der Waals surface area contributed by atoms with Crippen molar-refractivity contribution in [3.8, 4) is 17.5 Å². The van der Waals surface area contributed by atoms with Crippen molar-refractivity contribution in [2.75, 3.05) is 0 Å². The van der Waals surface area contributed by atoms with E-state index in [2.05, 4.69) is 10.3 Å². The van der Waals surface area contributed by atoms with E-state index in [9.17, 15) is 19.6 Å². The number of carbonyl (C=O) groups is 2. The first-order valence-electron chi connectivity index (χ1n) is 11.0. The number of nitriles is 1. The number of benzene rings is 2. The van der Waals surface area contributed by atoms with Crippen LogP contribution in [-0.4, -0.2) is 21.4 Å². The summed E-state index contributed by atoms with van der Waals surface area (Å²) in [5, 5.41) is 13.9. The van der Waals surface area contributed by atoms with Gasteiger partial charge in [-0.05, 0) is 48.7 Å². The minimum absolute atomic E-state index is 0.0191. The summed E-state index contributed by atoms with van der Waals surface area (Å²) in [6.45, 7) is 2.93. The molecule has 1 N–H and O–H groups in total. The predicted octanol–water partition coefficient (Wildman–Crippen LogP) is 4.45. The summed E-state index contributed by atoms with van der Waals surface area (Å²) in [4.78, 5) is 42.4. The van der Waals surface area contributed by atoms with Gasteiger partial charge < -0.3 is 10.1 Å². The van der Waals surface area contributed by atoms with Crippen LogP contribution in [0.4, 0.5) is 0 Å². The quantitative estimate of drug-likeness (QED) is 0.391. The Morgan fingerprint density at radius 2 is 1.86 bits per heavy atom. The zero-order valence-corrected chi connectivity index (χ0v) is 20.2. The number of amides is 1. The van der Waals surface area contributed by atoms with Crippen LogP contribution in [0.2, 0.25) is 5.02 Å². The lowest BCUT2D eigenvalue weighted by Gasteiger charge is -2.22. The van der Waals surface area contributed by atoms with Gasteiger partial charge in [-0.15, -0.1) is 0 Å². The number of fused-ring (bicyclic) bond motifs is 1. The Morgan fingerprint density at radius 3 is 2.56 bits per heavy atom. The molecule has 0 aliphatic rings. The van der Waals surface area contributed by atoms with Crippen molar-refractivity contribution in [2.24, 2.45) is 0 Å². The van der Waals surface area contributed by atoms with Crippen LogP contribution in [0.5, 0.6) is 5.75 Å². The number of halogens is 1. The zero-order valence-electron chi connectivity index (χ0n) is 19.4. The van der Waals surface area contributed by atoms with Gasteiger partial charge in [-0.2, -0.15) is 5.26 Å². The van der Waals surface area contributed by atoms with Crippen molar-refractivity contribution >= 4 is 34.2 Å². The summed E-state index contributed by atoms with van der Waals surface area (Å²) in [6.07, 6.45) is 1.41. The second-order valence-electron chi connectivity index (χ2n) is 8.02. The van der Waals surface area contributed by atoms with Gasteiger partial charge in [-0.1, -0.05) is 41.9 Å². The van der Waals surface area contributed by atoms with Crippen LogP contribution in [0.3, 0.4) is 0 Å². The first kappa shape index (κ1) is 24.6. The Kier molecular flexibility index (Phi) is 7.13. The Bertz CT molecular complexity index is 1560. The maximum absolute atomic E-state index is 13.6. The number of esters is 1. The molecule has 2 heterocycles. The third-order valence-electron chi connectivity index (χ3n) is 5.56. The van der Waals surface area contributed by atoms with Gasteiger partial charge in [-0.3, -0.25) is 23.9 Å². The highest BCUT2D eigenvalue weighted by molar-refractivity contribution is 6.35. The molecule has 2 atom stereocenters. The largest absolute Gasteiger partial charge is 0.425 e. The molecule has 0 radical (unpaired) electrons. The number of ether oxygens (including phenoxy) is 1. The number of hydrogen-bond acceptors (Lipinski definition) is 6. The molecule has 0 saturated carbocycles. The molecule has 180 valence electrons. The van der Waals surface area contributed by atoms with Crippen molar-refractivity contribution in [2.45, 2.75) is 25.8 Å². The summed E-state index contributed by atoms with van der Waals surface area (Å²) in [5.41, 5.74) is 0.774. The van der Waals surface area contributed by atoms with E-state index in [-0.39, 0.29) is 17.0 Å². The standard InChI is InChI=1S/C27H21ClN4O4/c1-16(31-26(34)20(15-29)25-23(36-17(2)33)12-7-13-30-25)22-14-18-8-6-11-21(28)24(18)27(35)32(22)19-9-4-3-5-10-19/h3-14,16,20H,1-2H3,(H,31,34). The van der Waals surface area contributed by atoms with Gasteiger partial charge in [0.25, 0.3) is 5.56 Å². The van der Waals surface area contributed by atoms with Gasteiger partial charge in [0.2, 0.25) is 5.91 Å². The molecule has 0 spiro atoms. The smallest absolute Gasteiger partial charge is 0.308 e. The SMILES string of the molecule is CC(=O)Oc1cccnc1C(C#N)C(=O)NC(C)c1cc2cccc(Cl)c2c(=O)n1-c1ccccc1. The summed E-state index contributed by atoms with van der Waals surface area (Å²) in [5.74, 6) is -2.58. The molecular formula is C27H21ClN4O4. The van der Waals surface area contributed by atoms with E-state index in [0.717, 1.165) is 0 Å². The number of aromatic nitrogens is 2. The van der Waals surface area contributed by atoms with E-state index >= 15 is 0 Å². The van der Waals surface area contributed by atoms with E-state index in [1.807, 2.05) is 12.1 Å². The molecule has 9 heteroatoms. The minimum Gasteiger partial charge on any atom is -0.425 e. The fourth-order valence-electron chi connectivity index (χ4n) is 3.98. The zero-order chi connectivity index (χ0) is 25.8. The maximum Gasteiger partial charge on any atom is 0.308 e. The molecule has 8 nitrogen and oxygen atoms in total. The minimum atomic E-state index is -1.35. The number of pyridine rings is 2. The first-order valence-corrected chi connectivity index (χ1v) is 11.4. The molecule has 4 aromatic rings. The molecule has 0 saturated heterocycles. The van der Waals surface area contributed by atoms with Crippen LogP contribution >= 0.6 is 11.6 Å². The average molecular weight is 501 g/mol. The molecule has 2 unspecified atom stereocenters. The van der Waals surface area contributed by atoms with E-state index in [1.165, 1.54) is 29.8 Å². The number of rotatable bonds is 6. The molecule has 0 aliphatic heterocycles. The van der Waals surface area contributed by atoms with Gasteiger partial charge in [0, 0.05) is 24.5 Å².